The number of aryl methyl sites for hydroxylation is 1. The van der Waals surface area contributed by atoms with E-state index in [0.29, 0.717) is 38.5 Å². The van der Waals surface area contributed by atoms with E-state index in [0.717, 1.165) is 14.1 Å². The van der Waals surface area contributed by atoms with Gasteiger partial charge in [0.05, 0.1) is 30.2 Å². The molecule has 1 aliphatic rings. The van der Waals surface area contributed by atoms with Gasteiger partial charge in [-0.1, -0.05) is 0 Å². The number of aromatic nitrogens is 4. The van der Waals surface area contributed by atoms with E-state index in [1.165, 1.54) is 17.3 Å². The van der Waals surface area contributed by atoms with Crippen LogP contribution >= 0.6 is 0 Å². The van der Waals surface area contributed by atoms with Gasteiger partial charge in [0.1, 0.15) is 11.7 Å². The van der Waals surface area contributed by atoms with Crippen molar-refractivity contribution in [1.82, 2.24) is 24.6 Å². The first-order chi connectivity index (χ1) is 15.9. The van der Waals surface area contributed by atoms with Crippen LogP contribution in [0.15, 0.2) is 35.5 Å². The Kier molecular flexibility index (Phi) is 5.69. The van der Waals surface area contributed by atoms with E-state index in [1.807, 2.05) is 5.32 Å². The maximum atomic E-state index is 15.1. The zero-order chi connectivity index (χ0) is 24.8. The molecule has 3 aromatic rings. The second-order valence-corrected chi connectivity index (χ2v) is 8.09. The lowest BCUT2D eigenvalue weighted by atomic mass is 9.99. The number of alkyl halides is 5. The van der Waals surface area contributed by atoms with Gasteiger partial charge in [0.15, 0.2) is 5.65 Å². The molecule has 1 saturated heterocycles. The summed E-state index contributed by atoms with van der Waals surface area (Å²) in [7, 11) is 2.21. The van der Waals surface area contributed by atoms with Gasteiger partial charge in [0, 0.05) is 32.2 Å². The normalized spacial score (nSPS) is 18.2. The summed E-state index contributed by atoms with van der Waals surface area (Å²) in [6, 6.07) is -0.504. The highest BCUT2D eigenvalue weighted by Crippen LogP contribution is 2.34. The van der Waals surface area contributed by atoms with Crippen molar-refractivity contribution >= 4 is 28.4 Å². The number of hydrogen-bond donors (Lipinski definition) is 2. The van der Waals surface area contributed by atoms with Crippen LogP contribution < -0.4 is 15.8 Å². The molecule has 0 radical (unpaired) electrons. The Morgan fingerprint density at radius 2 is 2.03 bits per heavy atom. The molecule has 1 aliphatic heterocycles. The third-order valence-electron chi connectivity index (χ3n) is 5.74. The molecule has 2 N–H and O–H groups in total. The number of nitrogens with zero attached hydrogens (tertiary/aromatic N) is 5. The highest BCUT2D eigenvalue weighted by atomic mass is 19.4. The molecule has 14 heteroatoms. The zero-order valence-electron chi connectivity index (χ0n) is 18.0. The predicted molar refractivity (Wildman–Crippen MR) is 113 cm³/mol. The van der Waals surface area contributed by atoms with Crippen LogP contribution in [-0.4, -0.2) is 62.8 Å². The Morgan fingerprint density at radius 3 is 2.71 bits per heavy atom. The largest absolute Gasteiger partial charge is 0.417 e. The SMILES string of the molecule is CN(C(=O)Nc1cc(C(F)(F)F)cn(C)c1=O)C1CCN(c2cnc3[nH]ncc3c2)CC1(F)F. The summed E-state index contributed by atoms with van der Waals surface area (Å²) in [6.45, 7) is -0.528. The Morgan fingerprint density at radius 1 is 1.29 bits per heavy atom. The molecule has 3 aromatic heterocycles. The summed E-state index contributed by atoms with van der Waals surface area (Å²) >= 11 is 0. The van der Waals surface area contributed by atoms with Crippen LogP contribution in [0.25, 0.3) is 11.0 Å². The van der Waals surface area contributed by atoms with E-state index in [2.05, 4.69) is 15.2 Å². The first-order valence-electron chi connectivity index (χ1n) is 10.1. The van der Waals surface area contributed by atoms with Gasteiger partial charge in [0.2, 0.25) is 0 Å². The van der Waals surface area contributed by atoms with E-state index in [9.17, 15) is 22.8 Å². The van der Waals surface area contributed by atoms with Crippen molar-refractivity contribution in [2.45, 2.75) is 24.6 Å². The monoisotopic (exact) mass is 485 g/mol. The molecular formula is C20H20F5N7O2. The standard InChI is InChI=1S/C20H20F5N7O2/c1-30-9-12(20(23,24)25)6-14(17(30)33)28-18(34)31(2)15-3-4-32(10-19(15,21)22)13-5-11-7-27-29-16(11)26-8-13/h5-9,15H,3-4,10H2,1-2H3,(H,28,34)(H,26,27,29). The van der Waals surface area contributed by atoms with Crippen molar-refractivity contribution in [3.05, 3.63) is 46.6 Å². The van der Waals surface area contributed by atoms with E-state index < -0.39 is 47.5 Å². The number of halogens is 5. The summed E-state index contributed by atoms with van der Waals surface area (Å²) in [5.41, 5.74) is -1.74. The van der Waals surface area contributed by atoms with Crippen molar-refractivity contribution in [2.75, 3.05) is 30.4 Å². The molecule has 0 aromatic carbocycles. The number of piperidine rings is 1. The maximum Gasteiger partial charge on any atom is 0.417 e. The van der Waals surface area contributed by atoms with Crippen molar-refractivity contribution in [1.29, 1.82) is 0 Å². The van der Waals surface area contributed by atoms with Crippen molar-refractivity contribution < 1.29 is 26.7 Å². The van der Waals surface area contributed by atoms with E-state index >= 15 is 8.78 Å². The molecule has 0 aliphatic carbocycles. The summed E-state index contributed by atoms with van der Waals surface area (Å²) in [6.07, 6.45) is -1.34. The van der Waals surface area contributed by atoms with Gasteiger partial charge in [-0.05, 0) is 18.6 Å². The molecule has 4 rings (SSSR count). The summed E-state index contributed by atoms with van der Waals surface area (Å²) in [5.74, 6) is -3.35. The van der Waals surface area contributed by atoms with Gasteiger partial charge in [0.25, 0.3) is 11.5 Å². The van der Waals surface area contributed by atoms with E-state index in [-0.39, 0.29) is 13.0 Å². The van der Waals surface area contributed by atoms with Crippen LogP contribution in [0.5, 0.6) is 0 Å². The molecule has 182 valence electrons. The zero-order valence-corrected chi connectivity index (χ0v) is 18.0. The number of anilines is 2. The third kappa shape index (κ3) is 4.39. The third-order valence-corrected chi connectivity index (χ3v) is 5.74. The number of carbonyl (C=O) groups is 1. The second kappa shape index (κ2) is 8.25. The number of hydrogen-bond acceptors (Lipinski definition) is 5. The first kappa shape index (κ1) is 23.4. The molecule has 0 saturated carbocycles. The summed E-state index contributed by atoms with van der Waals surface area (Å²) in [4.78, 5) is 31.1. The number of H-pyrrole nitrogens is 1. The number of urea groups is 1. The lowest BCUT2D eigenvalue weighted by Gasteiger charge is -2.42. The van der Waals surface area contributed by atoms with Gasteiger partial charge in [-0.25, -0.2) is 18.6 Å². The lowest BCUT2D eigenvalue weighted by molar-refractivity contribution is -0.138. The van der Waals surface area contributed by atoms with Crippen LogP contribution in [-0.2, 0) is 13.2 Å². The number of pyridine rings is 2. The Bertz CT molecular complexity index is 1290. The molecule has 0 spiro atoms. The molecule has 2 amide bonds. The van der Waals surface area contributed by atoms with Gasteiger partial charge in [-0.2, -0.15) is 18.3 Å². The average Bonchev–Trinajstić information content (AvgIpc) is 3.22. The molecule has 9 nitrogen and oxygen atoms in total. The predicted octanol–water partition coefficient (Wildman–Crippen LogP) is 3.05. The number of nitrogens with one attached hydrogen (secondary N) is 2. The second-order valence-electron chi connectivity index (χ2n) is 8.09. The van der Waals surface area contributed by atoms with Crippen LogP contribution in [0.4, 0.5) is 38.1 Å². The van der Waals surface area contributed by atoms with Gasteiger partial charge in [-0.15, -0.1) is 0 Å². The minimum atomic E-state index is -4.76. The molecule has 1 unspecified atom stereocenters. The van der Waals surface area contributed by atoms with Gasteiger partial charge >= 0.3 is 12.2 Å². The van der Waals surface area contributed by atoms with Gasteiger partial charge < -0.3 is 19.7 Å². The summed E-state index contributed by atoms with van der Waals surface area (Å²) in [5, 5.41) is 9.22. The van der Waals surface area contributed by atoms with Crippen molar-refractivity contribution in [2.24, 2.45) is 7.05 Å². The molecule has 4 heterocycles. The average molecular weight is 485 g/mol. The first-order valence-corrected chi connectivity index (χ1v) is 10.1. The number of carbonyl (C=O) groups excluding carboxylic acids is 1. The fourth-order valence-corrected chi connectivity index (χ4v) is 3.92. The van der Waals surface area contributed by atoms with E-state index in [1.54, 1.807) is 6.07 Å². The fraction of sp³-hybridized carbons (Fsp3) is 0.400. The highest BCUT2D eigenvalue weighted by Gasteiger charge is 2.48. The quantitative estimate of drug-likeness (QED) is 0.556. The Labute approximate surface area is 189 Å². The minimum Gasteiger partial charge on any atom is -0.364 e. The fourth-order valence-electron chi connectivity index (χ4n) is 3.92. The lowest BCUT2D eigenvalue weighted by Crippen LogP contribution is -2.59. The van der Waals surface area contributed by atoms with Crippen LogP contribution in [0.3, 0.4) is 0 Å². The molecule has 1 atom stereocenters. The molecule has 0 bridgehead atoms. The smallest absolute Gasteiger partial charge is 0.364 e. The minimum absolute atomic E-state index is 0.124. The molecule has 1 fully saturated rings. The number of amides is 2. The molecule has 34 heavy (non-hydrogen) atoms. The van der Waals surface area contributed by atoms with Crippen molar-refractivity contribution in [3.63, 3.8) is 0 Å². The van der Waals surface area contributed by atoms with Crippen LogP contribution in [0.1, 0.15) is 12.0 Å². The van der Waals surface area contributed by atoms with E-state index in [4.69, 9.17) is 0 Å². The maximum absolute atomic E-state index is 15.1. The number of fused-ring (bicyclic) bond motifs is 1. The molecular weight excluding hydrogens is 465 g/mol. The van der Waals surface area contributed by atoms with Crippen LogP contribution in [0, 0.1) is 0 Å². The summed E-state index contributed by atoms with van der Waals surface area (Å²) < 4.78 is 70.0. The highest BCUT2D eigenvalue weighted by molar-refractivity contribution is 5.89. The Balaban J connectivity index is 1.50. The number of rotatable bonds is 3. The number of aromatic amines is 1. The van der Waals surface area contributed by atoms with Gasteiger partial charge in [-0.3, -0.25) is 9.89 Å². The van der Waals surface area contributed by atoms with Crippen LogP contribution in [0.2, 0.25) is 0 Å². The Hall–Kier alpha value is -3.71. The van der Waals surface area contributed by atoms with Crippen molar-refractivity contribution in [3.8, 4) is 0 Å². The topological polar surface area (TPSA) is 99.1 Å².